The lowest BCUT2D eigenvalue weighted by Gasteiger charge is -2.18. The molecule has 0 aromatic rings. The van der Waals surface area contributed by atoms with Crippen molar-refractivity contribution in [1.29, 1.82) is 0 Å². The molecule has 0 unspecified atom stereocenters. The van der Waals surface area contributed by atoms with Gasteiger partial charge in [0.1, 0.15) is 0 Å². The van der Waals surface area contributed by atoms with Crippen LogP contribution in [0.2, 0.25) is 0 Å². The van der Waals surface area contributed by atoms with E-state index in [1.54, 1.807) is 6.08 Å². The summed E-state index contributed by atoms with van der Waals surface area (Å²) >= 11 is 1.85. The van der Waals surface area contributed by atoms with E-state index in [0.717, 1.165) is 31.0 Å². The third-order valence-corrected chi connectivity index (χ3v) is 3.17. The molecule has 1 saturated heterocycles. The topological polar surface area (TPSA) is 20.3 Å². The Bertz CT molecular complexity index is 188. The zero-order valence-electron chi connectivity index (χ0n) is 10.2. The molecule has 0 aliphatic carbocycles. The van der Waals surface area contributed by atoms with Gasteiger partial charge < -0.3 is 4.90 Å². The first kappa shape index (κ1) is 14.6. The SMILES string of the molecule is C=CC.CCC[C@H](C)C(=O)N1CCSC1. The lowest BCUT2D eigenvalue weighted by Crippen LogP contribution is -2.32. The van der Waals surface area contributed by atoms with Gasteiger partial charge >= 0.3 is 0 Å². The van der Waals surface area contributed by atoms with Crippen LogP contribution in [-0.4, -0.2) is 29.0 Å². The molecule has 1 fully saturated rings. The van der Waals surface area contributed by atoms with Gasteiger partial charge in [0.25, 0.3) is 0 Å². The van der Waals surface area contributed by atoms with E-state index in [1.807, 2.05) is 30.5 Å². The summed E-state index contributed by atoms with van der Waals surface area (Å²) in [7, 11) is 0. The second-order valence-corrected chi connectivity index (χ2v) is 4.81. The quantitative estimate of drug-likeness (QED) is 0.693. The Morgan fingerprint density at radius 1 is 1.67 bits per heavy atom. The number of rotatable bonds is 3. The van der Waals surface area contributed by atoms with Gasteiger partial charge in [-0.15, -0.1) is 18.3 Å². The molecule has 0 N–H and O–H groups in total. The Kier molecular flexibility index (Phi) is 8.58. The molecule has 0 radical (unpaired) electrons. The van der Waals surface area contributed by atoms with Crippen LogP contribution in [0.5, 0.6) is 0 Å². The highest BCUT2D eigenvalue weighted by atomic mass is 32.2. The molecule has 1 aliphatic rings. The Morgan fingerprint density at radius 3 is 2.67 bits per heavy atom. The van der Waals surface area contributed by atoms with Crippen LogP contribution in [0.3, 0.4) is 0 Å². The van der Waals surface area contributed by atoms with Gasteiger partial charge in [0, 0.05) is 18.2 Å². The van der Waals surface area contributed by atoms with Gasteiger partial charge in [0.15, 0.2) is 0 Å². The molecule has 1 heterocycles. The summed E-state index contributed by atoms with van der Waals surface area (Å²) in [5.41, 5.74) is 0. The summed E-state index contributed by atoms with van der Waals surface area (Å²) in [5, 5.41) is 0. The molecule has 0 aromatic carbocycles. The number of carbonyl (C=O) groups excluding carboxylic acids is 1. The van der Waals surface area contributed by atoms with Crippen LogP contribution in [0, 0.1) is 5.92 Å². The van der Waals surface area contributed by atoms with Crippen molar-refractivity contribution in [3.8, 4) is 0 Å². The summed E-state index contributed by atoms with van der Waals surface area (Å²) in [6.45, 7) is 10.4. The molecule has 1 atom stereocenters. The van der Waals surface area contributed by atoms with Crippen LogP contribution in [0.4, 0.5) is 0 Å². The van der Waals surface area contributed by atoms with Crippen LogP contribution < -0.4 is 0 Å². The zero-order valence-corrected chi connectivity index (χ0v) is 11.0. The molecular formula is C12H23NOS. The maximum absolute atomic E-state index is 11.6. The maximum atomic E-state index is 11.6. The van der Waals surface area contributed by atoms with Crippen molar-refractivity contribution in [3.05, 3.63) is 12.7 Å². The summed E-state index contributed by atoms with van der Waals surface area (Å²) in [4.78, 5) is 13.6. The number of thioether (sulfide) groups is 1. The molecule has 0 saturated carbocycles. The monoisotopic (exact) mass is 229 g/mol. The van der Waals surface area contributed by atoms with Crippen molar-refractivity contribution in [2.75, 3.05) is 18.2 Å². The van der Waals surface area contributed by atoms with Crippen LogP contribution >= 0.6 is 11.8 Å². The average Bonchev–Trinajstić information content (AvgIpc) is 2.71. The van der Waals surface area contributed by atoms with Crippen molar-refractivity contribution in [2.24, 2.45) is 5.92 Å². The second kappa shape index (κ2) is 8.84. The highest BCUT2D eigenvalue weighted by Gasteiger charge is 2.22. The molecule has 1 aliphatic heterocycles. The minimum absolute atomic E-state index is 0.230. The van der Waals surface area contributed by atoms with Gasteiger partial charge in [-0.1, -0.05) is 26.3 Å². The van der Waals surface area contributed by atoms with E-state index < -0.39 is 0 Å². The van der Waals surface area contributed by atoms with E-state index in [2.05, 4.69) is 13.5 Å². The standard InChI is InChI=1S/C9H17NOS.C3H6/c1-3-4-8(2)9(11)10-5-6-12-7-10;1-3-2/h8H,3-7H2,1-2H3;3H,1H2,2H3/t8-;/m0./s1. The van der Waals surface area contributed by atoms with E-state index in [9.17, 15) is 4.79 Å². The average molecular weight is 229 g/mol. The summed E-state index contributed by atoms with van der Waals surface area (Å²) < 4.78 is 0. The van der Waals surface area contributed by atoms with Crippen molar-refractivity contribution in [2.45, 2.75) is 33.6 Å². The van der Waals surface area contributed by atoms with Crippen molar-refractivity contribution >= 4 is 17.7 Å². The fourth-order valence-corrected chi connectivity index (χ4v) is 2.41. The minimum atomic E-state index is 0.230. The second-order valence-electron chi connectivity index (χ2n) is 3.74. The Balaban J connectivity index is 0.000000583. The van der Waals surface area contributed by atoms with Gasteiger partial charge in [0.2, 0.25) is 5.91 Å². The first-order chi connectivity index (χ1) is 7.17. The molecule has 3 heteroatoms. The van der Waals surface area contributed by atoms with Crippen molar-refractivity contribution in [1.82, 2.24) is 4.90 Å². The van der Waals surface area contributed by atoms with E-state index in [4.69, 9.17) is 0 Å². The highest BCUT2D eigenvalue weighted by Crippen LogP contribution is 2.17. The number of carbonyl (C=O) groups is 1. The molecular weight excluding hydrogens is 206 g/mol. The third-order valence-electron chi connectivity index (χ3n) is 2.21. The van der Waals surface area contributed by atoms with E-state index in [0.29, 0.717) is 5.91 Å². The number of hydrogen-bond donors (Lipinski definition) is 0. The number of amides is 1. The normalized spacial score (nSPS) is 16.6. The largest absolute Gasteiger partial charge is 0.332 e. The predicted octanol–water partition coefficient (Wildman–Crippen LogP) is 3.15. The molecule has 0 aromatic heterocycles. The molecule has 0 spiro atoms. The molecule has 2 nitrogen and oxygen atoms in total. The highest BCUT2D eigenvalue weighted by molar-refractivity contribution is 7.99. The van der Waals surface area contributed by atoms with Gasteiger partial charge in [-0.25, -0.2) is 0 Å². The van der Waals surface area contributed by atoms with Gasteiger partial charge in [-0.2, -0.15) is 0 Å². The van der Waals surface area contributed by atoms with Gasteiger partial charge in [-0.3, -0.25) is 4.79 Å². The van der Waals surface area contributed by atoms with Crippen LogP contribution in [0.1, 0.15) is 33.6 Å². The molecule has 1 amide bonds. The molecule has 88 valence electrons. The predicted molar refractivity (Wildman–Crippen MR) is 69.0 cm³/mol. The fourth-order valence-electron chi connectivity index (χ4n) is 1.46. The maximum Gasteiger partial charge on any atom is 0.226 e. The number of nitrogens with zero attached hydrogens (tertiary/aromatic N) is 1. The fraction of sp³-hybridized carbons (Fsp3) is 0.750. The van der Waals surface area contributed by atoms with Crippen LogP contribution in [-0.2, 0) is 4.79 Å². The smallest absolute Gasteiger partial charge is 0.226 e. The Hall–Kier alpha value is -0.440. The lowest BCUT2D eigenvalue weighted by atomic mass is 10.1. The zero-order chi connectivity index (χ0) is 11.7. The van der Waals surface area contributed by atoms with Gasteiger partial charge in [0.05, 0.1) is 5.88 Å². The van der Waals surface area contributed by atoms with Crippen LogP contribution in [0.25, 0.3) is 0 Å². The third kappa shape index (κ3) is 5.88. The van der Waals surface area contributed by atoms with Crippen LogP contribution in [0.15, 0.2) is 12.7 Å². The molecule has 1 rings (SSSR count). The lowest BCUT2D eigenvalue weighted by molar-refractivity contribution is -0.133. The van der Waals surface area contributed by atoms with Crippen molar-refractivity contribution in [3.63, 3.8) is 0 Å². The van der Waals surface area contributed by atoms with Crippen molar-refractivity contribution < 1.29 is 4.79 Å². The minimum Gasteiger partial charge on any atom is -0.332 e. The Morgan fingerprint density at radius 2 is 2.27 bits per heavy atom. The molecule has 0 bridgehead atoms. The first-order valence-electron chi connectivity index (χ1n) is 5.60. The van der Waals surface area contributed by atoms with E-state index in [-0.39, 0.29) is 5.92 Å². The van der Waals surface area contributed by atoms with Gasteiger partial charge in [-0.05, 0) is 13.3 Å². The summed E-state index contributed by atoms with van der Waals surface area (Å²) in [6, 6.07) is 0. The Labute approximate surface area is 98.1 Å². The first-order valence-corrected chi connectivity index (χ1v) is 6.76. The number of allylic oxidation sites excluding steroid dienone is 1. The van der Waals surface area contributed by atoms with E-state index in [1.165, 1.54) is 0 Å². The summed E-state index contributed by atoms with van der Waals surface area (Å²) in [6.07, 6.45) is 3.88. The number of hydrogen-bond acceptors (Lipinski definition) is 2. The summed E-state index contributed by atoms with van der Waals surface area (Å²) in [5.74, 6) is 2.60. The van der Waals surface area contributed by atoms with E-state index >= 15 is 0 Å². The molecule has 15 heavy (non-hydrogen) atoms.